The first-order valence-corrected chi connectivity index (χ1v) is 13.8. The standard InChI is InChI=1S/C33H37F3O3/c1-3-5-19-37-26-12-7-23(8-13-26)29-17-18-30(33(36)32(29)35)24-9-14-27(15-10-24)39-22-25-11-16-28(21-31(25)34)38-20-6-4-2/h4,9-11,14-18,21,23,26H,2-3,5-8,12-13,19-20,22H2,1H3. The molecule has 3 aromatic rings. The Morgan fingerprint density at radius 2 is 1.59 bits per heavy atom. The second-order valence-corrected chi connectivity index (χ2v) is 10.0. The number of unbranched alkanes of at least 4 members (excludes halogenated alkanes) is 1. The van der Waals surface area contributed by atoms with Crippen LogP contribution >= 0.6 is 0 Å². The molecule has 208 valence electrons. The number of halogens is 3. The Kier molecular flexibility index (Phi) is 10.5. The summed E-state index contributed by atoms with van der Waals surface area (Å²) in [6.45, 7) is 7.00. The molecule has 1 aliphatic carbocycles. The SMILES string of the molecule is C=CCCOc1ccc(COc2ccc(-c3ccc(C4CCC(OCCCC)CC4)c(F)c3F)cc2)c(F)c1. The molecule has 1 aliphatic rings. The van der Waals surface area contributed by atoms with Gasteiger partial charge < -0.3 is 14.2 Å². The highest BCUT2D eigenvalue weighted by Gasteiger charge is 2.27. The summed E-state index contributed by atoms with van der Waals surface area (Å²) in [6, 6.07) is 14.7. The molecule has 39 heavy (non-hydrogen) atoms. The highest BCUT2D eigenvalue weighted by atomic mass is 19.2. The molecule has 4 rings (SSSR count). The van der Waals surface area contributed by atoms with Gasteiger partial charge in [-0.2, -0.15) is 0 Å². The van der Waals surface area contributed by atoms with Crippen LogP contribution < -0.4 is 9.47 Å². The molecule has 0 unspecified atom stereocenters. The van der Waals surface area contributed by atoms with Crippen LogP contribution in [0.4, 0.5) is 13.2 Å². The van der Waals surface area contributed by atoms with Crippen LogP contribution in [0.3, 0.4) is 0 Å². The number of hydrogen-bond donors (Lipinski definition) is 0. The molecular weight excluding hydrogens is 501 g/mol. The molecule has 3 aromatic carbocycles. The van der Waals surface area contributed by atoms with Gasteiger partial charge in [-0.1, -0.05) is 43.7 Å². The number of benzene rings is 3. The molecule has 0 aliphatic heterocycles. The first-order chi connectivity index (χ1) is 19.0. The smallest absolute Gasteiger partial charge is 0.166 e. The molecule has 0 heterocycles. The molecule has 0 spiro atoms. The zero-order valence-electron chi connectivity index (χ0n) is 22.6. The molecule has 0 amide bonds. The van der Waals surface area contributed by atoms with Gasteiger partial charge in [0.05, 0.1) is 12.7 Å². The third-order valence-corrected chi connectivity index (χ3v) is 7.25. The molecule has 1 saturated carbocycles. The van der Waals surface area contributed by atoms with Crippen LogP contribution in [-0.4, -0.2) is 19.3 Å². The Hall–Kier alpha value is -3.25. The maximum absolute atomic E-state index is 15.1. The van der Waals surface area contributed by atoms with E-state index in [0.29, 0.717) is 41.2 Å². The van der Waals surface area contributed by atoms with Crippen molar-refractivity contribution >= 4 is 0 Å². The van der Waals surface area contributed by atoms with Crippen LogP contribution in [0.2, 0.25) is 0 Å². The fraction of sp³-hybridized carbons (Fsp3) is 0.394. The Morgan fingerprint density at radius 3 is 2.28 bits per heavy atom. The van der Waals surface area contributed by atoms with E-state index in [2.05, 4.69) is 13.5 Å². The lowest BCUT2D eigenvalue weighted by atomic mass is 9.82. The van der Waals surface area contributed by atoms with Gasteiger partial charge in [-0.05, 0) is 79.8 Å². The number of rotatable bonds is 13. The summed E-state index contributed by atoms with van der Waals surface area (Å²) in [6.07, 6.45) is 8.12. The first-order valence-electron chi connectivity index (χ1n) is 13.8. The summed E-state index contributed by atoms with van der Waals surface area (Å²) in [5.74, 6) is -1.07. The summed E-state index contributed by atoms with van der Waals surface area (Å²) >= 11 is 0. The lowest BCUT2D eigenvalue weighted by Gasteiger charge is -2.29. The van der Waals surface area contributed by atoms with Crippen molar-refractivity contribution in [2.45, 2.75) is 70.5 Å². The van der Waals surface area contributed by atoms with Crippen molar-refractivity contribution < 1.29 is 27.4 Å². The van der Waals surface area contributed by atoms with E-state index < -0.39 is 17.5 Å². The highest BCUT2D eigenvalue weighted by molar-refractivity contribution is 5.65. The van der Waals surface area contributed by atoms with E-state index in [-0.39, 0.29) is 24.2 Å². The fourth-order valence-electron chi connectivity index (χ4n) is 4.92. The molecular formula is C33H37F3O3. The Balaban J connectivity index is 1.35. The number of ether oxygens (including phenoxy) is 3. The summed E-state index contributed by atoms with van der Waals surface area (Å²) in [7, 11) is 0. The van der Waals surface area contributed by atoms with Crippen LogP contribution in [0.15, 0.2) is 67.3 Å². The van der Waals surface area contributed by atoms with Gasteiger partial charge in [0.1, 0.15) is 23.9 Å². The summed E-state index contributed by atoms with van der Waals surface area (Å²) in [4.78, 5) is 0. The van der Waals surface area contributed by atoms with E-state index in [1.165, 1.54) is 6.07 Å². The molecule has 0 aromatic heterocycles. The van der Waals surface area contributed by atoms with Crippen molar-refractivity contribution in [2.75, 3.05) is 13.2 Å². The largest absolute Gasteiger partial charge is 0.493 e. The Labute approximate surface area is 229 Å². The maximum atomic E-state index is 15.1. The minimum atomic E-state index is -0.833. The number of hydrogen-bond acceptors (Lipinski definition) is 3. The second kappa shape index (κ2) is 14.2. The third-order valence-electron chi connectivity index (χ3n) is 7.25. The monoisotopic (exact) mass is 538 g/mol. The fourth-order valence-corrected chi connectivity index (χ4v) is 4.92. The van der Waals surface area contributed by atoms with Crippen LogP contribution in [0, 0.1) is 17.5 Å². The predicted octanol–water partition coefficient (Wildman–Crippen LogP) is 9.15. The molecule has 0 radical (unpaired) electrons. The van der Waals surface area contributed by atoms with Crippen molar-refractivity contribution in [1.82, 2.24) is 0 Å². The van der Waals surface area contributed by atoms with Crippen molar-refractivity contribution in [3.8, 4) is 22.6 Å². The lowest BCUT2D eigenvalue weighted by molar-refractivity contribution is 0.0230. The average molecular weight is 539 g/mol. The molecule has 0 bridgehead atoms. The maximum Gasteiger partial charge on any atom is 0.166 e. The molecule has 3 nitrogen and oxygen atoms in total. The van der Waals surface area contributed by atoms with Crippen molar-refractivity contribution in [2.24, 2.45) is 0 Å². The van der Waals surface area contributed by atoms with Gasteiger partial charge in [0.15, 0.2) is 11.6 Å². The van der Waals surface area contributed by atoms with Gasteiger partial charge in [-0.25, -0.2) is 13.2 Å². The Morgan fingerprint density at radius 1 is 0.846 bits per heavy atom. The second-order valence-electron chi connectivity index (χ2n) is 10.0. The van der Waals surface area contributed by atoms with Gasteiger partial charge in [0.2, 0.25) is 0 Å². The zero-order valence-corrected chi connectivity index (χ0v) is 22.6. The highest BCUT2D eigenvalue weighted by Crippen LogP contribution is 2.38. The minimum absolute atomic E-state index is 0.00326. The van der Waals surface area contributed by atoms with Crippen LogP contribution in [0.25, 0.3) is 11.1 Å². The van der Waals surface area contributed by atoms with E-state index in [4.69, 9.17) is 14.2 Å². The lowest BCUT2D eigenvalue weighted by Crippen LogP contribution is -2.22. The molecule has 0 atom stereocenters. The van der Waals surface area contributed by atoms with Gasteiger partial charge in [-0.3, -0.25) is 0 Å². The quantitative estimate of drug-likeness (QED) is 0.160. The summed E-state index contributed by atoms with van der Waals surface area (Å²) in [5.41, 5.74) is 1.59. The van der Waals surface area contributed by atoms with Crippen LogP contribution in [0.5, 0.6) is 11.5 Å². The molecule has 1 fully saturated rings. The van der Waals surface area contributed by atoms with E-state index in [1.54, 1.807) is 54.6 Å². The molecule has 0 saturated heterocycles. The topological polar surface area (TPSA) is 27.7 Å². The predicted molar refractivity (Wildman–Crippen MR) is 149 cm³/mol. The van der Waals surface area contributed by atoms with Gasteiger partial charge in [0, 0.05) is 23.8 Å². The molecule has 6 heteroatoms. The van der Waals surface area contributed by atoms with Gasteiger partial charge in [0.25, 0.3) is 0 Å². The van der Waals surface area contributed by atoms with Crippen molar-refractivity contribution in [3.05, 3.63) is 95.8 Å². The van der Waals surface area contributed by atoms with E-state index >= 15 is 8.78 Å². The normalized spacial score (nSPS) is 17.1. The van der Waals surface area contributed by atoms with Crippen LogP contribution in [-0.2, 0) is 11.3 Å². The van der Waals surface area contributed by atoms with Crippen molar-refractivity contribution in [3.63, 3.8) is 0 Å². The van der Waals surface area contributed by atoms with Gasteiger partial charge in [-0.15, -0.1) is 6.58 Å². The van der Waals surface area contributed by atoms with E-state index in [0.717, 1.165) is 45.1 Å². The van der Waals surface area contributed by atoms with E-state index in [9.17, 15) is 4.39 Å². The summed E-state index contributed by atoms with van der Waals surface area (Å²) < 4.78 is 61.8. The minimum Gasteiger partial charge on any atom is -0.493 e. The summed E-state index contributed by atoms with van der Waals surface area (Å²) in [5, 5.41) is 0. The zero-order chi connectivity index (χ0) is 27.6. The van der Waals surface area contributed by atoms with Crippen LogP contribution in [0.1, 0.15) is 68.9 Å². The van der Waals surface area contributed by atoms with Crippen molar-refractivity contribution in [1.29, 1.82) is 0 Å². The van der Waals surface area contributed by atoms with E-state index in [1.807, 2.05) is 0 Å². The first kappa shape index (κ1) is 28.8. The van der Waals surface area contributed by atoms with Gasteiger partial charge >= 0.3 is 0 Å². The average Bonchev–Trinajstić information content (AvgIpc) is 2.95. The molecule has 0 N–H and O–H groups in total. The third kappa shape index (κ3) is 7.66. The Bertz CT molecular complexity index is 1220.